The molecule has 0 aromatic heterocycles. The zero-order valence-corrected chi connectivity index (χ0v) is 20.8. The van der Waals surface area contributed by atoms with Crippen molar-refractivity contribution < 1.29 is 28.6 Å². The molecule has 0 spiro atoms. The maximum atomic E-state index is 13.0. The summed E-state index contributed by atoms with van der Waals surface area (Å²) >= 11 is 0. The molecule has 2 fully saturated rings. The van der Waals surface area contributed by atoms with Gasteiger partial charge in [-0.05, 0) is 75.1 Å². The van der Waals surface area contributed by atoms with Gasteiger partial charge in [0.2, 0.25) is 0 Å². The summed E-state index contributed by atoms with van der Waals surface area (Å²) in [6, 6.07) is 13.3. The minimum atomic E-state index is -0.890. The fourth-order valence-corrected chi connectivity index (χ4v) is 4.40. The van der Waals surface area contributed by atoms with Crippen molar-refractivity contribution in [2.45, 2.75) is 50.8 Å². The lowest BCUT2D eigenvalue weighted by atomic mass is 9.92. The minimum absolute atomic E-state index is 0.187. The number of piperidine rings is 1. The van der Waals surface area contributed by atoms with Crippen LogP contribution >= 0.6 is 0 Å². The molecule has 2 aromatic carbocycles. The minimum Gasteiger partial charge on any atom is -0.494 e. The van der Waals surface area contributed by atoms with Crippen molar-refractivity contribution in [3.63, 3.8) is 0 Å². The Labute approximate surface area is 211 Å². The topological polar surface area (TPSA) is 91.3 Å². The second kappa shape index (κ2) is 10.8. The Morgan fingerprint density at radius 1 is 0.972 bits per heavy atom. The van der Waals surface area contributed by atoms with Crippen LogP contribution in [-0.2, 0) is 11.3 Å². The number of ether oxygens (including phenoxy) is 2. The van der Waals surface area contributed by atoms with E-state index in [9.17, 15) is 19.1 Å². The van der Waals surface area contributed by atoms with Gasteiger partial charge in [0.05, 0.1) is 6.61 Å². The number of carbonyl (C=O) groups is 2. The first-order valence-electron chi connectivity index (χ1n) is 12.3. The van der Waals surface area contributed by atoms with Gasteiger partial charge in [0.25, 0.3) is 5.91 Å². The van der Waals surface area contributed by atoms with E-state index in [0.717, 1.165) is 30.9 Å². The summed E-state index contributed by atoms with van der Waals surface area (Å²) in [6.07, 6.45) is 1.76. The normalized spacial score (nSPS) is 19.3. The molecule has 9 heteroatoms. The standard InChI is InChI=1S/C27H34FN3O5/c1-26(2)24(32)31(25(33)29-26)14-3-17-35-22-8-4-20(5-9-22)18-30-15-12-27(34,13-16-30)19-36-23-10-6-21(28)7-11-23/h4-11,34H,3,12-19H2,1-2H3,(H,29,33). The van der Waals surface area contributed by atoms with Gasteiger partial charge in [0.1, 0.15) is 35.1 Å². The van der Waals surface area contributed by atoms with Gasteiger partial charge < -0.3 is 19.9 Å². The van der Waals surface area contributed by atoms with E-state index in [0.29, 0.717) is 38.2 Å². The molecule has 2 aliphatic rings. The van der Waals surface area contributed by atoms with E-state index in [2.05, 4.69) is 10.2 Å². The molecule has 194 valence electrons. The van der Waals surface area contributed by atoms with Crippen molar-refractivity contribution in [3.8, 4) is 11.5 Å². The quantitative estimate of drug-likeness (QED) is 0.385. The molecule has 0 aliphatic carbocycles. The number of nitrogens with zero attached hydrogens (tertiary/aromatic N) is 2. The van der Waals surface area contributed by atoms with E-state index in [1.807, 2.05) is 24.3 Å². The molecule has 0 saturated carbocycles. The van der Waals surface area contributed by atoms with E-state index in [1.165, 1.54) is 17.0 Å². The Morgan fingerprint density at radius 3 is 2.19 bits per heavy atom. The summed E-state index contributed by atoms with van der Waals surface area (Å²) in [6.45, 7) is 6.58. The number of halogens is 1. The molecule has 0 radical (unpaired) electrons. The van der Waals surface area contributed by atoms with E-state index in [4.69, 9.17) is 9.47 Å². The molecule has 0 bridgehead atoms. The van der Waals surface area contributed by atoms with Crippen molar-refractivity contribution in [1.82, 2.24) is 15.1 Å². The maximum Gasteiger partial charge on any atom is 0.325 e. The van der Waals surface area contributed by atoms with E-state index in [-0.39, 0.29) is 24.4 Å². The predicted octanol–water partition coefficient (Wildman–Crippen LogP) is 3.33. The SMILES string of the molecule is CC1(C)NC(=O)N(CCCOc2ccc(CN3CCC(O)(COc4ccc(F)cc4)CC3)cc2)C1=O. The summed E-state index contributed by atoms with van der Waals surface area (Å²) in [7, 11) is 0. The highest BCUT2D eigenvalue weighted by atomic mass is 19.1. The van der Waals surface area contributed by atoms with Crippen LogP contribution in [0.1, 0.15) is 38.7 Å². The Balaban J connectivity index is 1.15. The molecular weight excluding hydrogens is 465 g/mol. The molecule has 2 N–H and O–H groups in total. The van der Waals surface area contributed by atoms with Crippen LogP contribution in [-0.4, -0.2) is 70.8 Å². The number of aliphatic hydroxyl groups is 1. The number of likely N-dealkylation sites (tertiary alicyclic amines) is 1. The summed E-state index contributed by atoms with van der Waals surface area (Å²) in [4.78, 5) is 27.7. The van der Waals surface area contributed by atoms with Crippen molar-refractivity contribution in [3.05, 3.63) is 59.9 Å². The first kappa shape index (κ1) is 25.9. The van der Waals surface area contributed by atoms with Crippen LogP contribution in [0.3, 0.4) is 0 Å². The summed E-state index contributed by atoms with van der Waals surface area (Å²) in [5.74, 6) is 0.757. The van der Waals surface area contributed by atoms with Crippen LogP contribution in [0.15, 0.2) is 48.5 Å². The van der Waals surface area contributed by atoms with E-state index in [1.54, 1.807) is 26.0 Å². The largest absolute Gasteiger partial charge is 0.494 e. The predicted molar refractivity (Wildman–Crippen MR) is 132 cm³/mol. The van der Waals surface area contributed by atoms with Gasteiger partial charge in [-0.1, -0.05) is 12.1 Å². The number of benzene rings is 2. The van der Waals surface area contributed by atoms with Crippen LogP contribution in [0.25, 0.3) is 0 Å². The maximum absolute atomic E-state index is 13.0. The van der Waals surface area contributed by atoms with Gasteiger partial charge in [-0.3, -0.25) is 14.6 Å². The number of imide groups is 1. The molecule has 0 atom stereocenters. The van der Waals surface area contributed by atoms with Crippen molar-refractivity contribution in [1.29, 1.82) is 0 Å². The number of carbonyl (C=O) groups excluding carboxylic acids is 2. The molecule has 2 heterocycles. The third kappa shape index (κ3) is 6.53. The molecule has 3 amide bonds. The van der Waals surface area contributed by atoms with Crippen LogP contribution in [0.2, 0.25) is 0 Å². The fraction of sp³-hybridized carbons (Fsp3) is 0.481. The summed E-state index contributed by atoms with van der Waals surface area (Å²) in [5.41, 5.74) is -0.589. The second-order valence-corrected chi connectivity index (χ2v) is 10.1. The molecule has 0 unspecified atom stereocenters. The summed E-state index contributed by atoms with van der Waals surface area (Å²) in [5, 5.41) is 13.5. The lowest BCUT2D eigenvalue weighted by Gasteiger charge is -2.38. The first-order chi connectivity index (χ1) is 17.1. The van der Waals surface area contributed by atoms with Gasteiger partial charge in [0, 0.05) is 26.2 Å². The Morgan fingerprint density at radius 2 is 1.58 bits per heavy atom. The Kier molecular flexibility index (Phi) is 7.80. The molecule has 36 heavy (non-hydrogen) atoms. The second-order valence-electron chi connectivity index (χ2n) is 10.1. The number of amides is 3. The van der Waals surface area contributed by atoms with Crippen LogP contribution in [0.4, 0.5) is 9.18 Å². The van der Waals surface area contributed by atoms with Gasteiger partial charge in [0.15, 0.2) is 0 Å². The lowest BCUT2D eigenvalue weighted by molar-refractivity contribution is -0.130. The number of hydrogen-bond acceptors (Lipinski definition) is 6. The molecule has 8 nitrogen and oxygen atoms in total. The van der Waals surface area contributed by atoms with Gasteiger partial charge in [-0.15, -0.1) is 0 Å². The van der Waals surface area contributed by atoms with Gasteiger partial charge >= 0.3 is 6.03 Å². The van der Waals surface area contributed by atoms with Crippen LogP contribution < -0.4 is 14.8 Å². The van der Waals surface area contributed by atoms with Crippen molar-refractivity contribution in [2.75, 3.05) is 32.8 Å². The number of urea groups is 1. The molecule has 4 rings (SSSR count). The molecule has 2 saturated heterocycles. The van der Waals surface area contributed by atoms with E-state index >= 15 is 0 Å². The monoisotopic (exact) mass is 499 g/mol. The fourth-order valence-electron chi connectivity index (χ4n) is 4.40. The molecule has 2 aromatic rings. The number of hydrogen-bond donors (Lipinski definition) is 2. The Bertz CT molecular complexity index is 1050. The van der Waals surface area contributed by atoms with Crippen LogP contribution in [0.5, 0.6) is 11.5 Å². The first-order valence-corrected chi connectivity index (χ1v) is 12.3. The van der Waals surface area contributed by atoms with Crippen molar-refractivity contribution in [2.24, 2.45) is 0 Å². The average Bonchev–Trinajstić information content (AvgIpc) is 3.05. The smallest absolute Gasteiger partial charge is 0.325 e. The van der Waals surface area contributed by atoms with Crippen LogP contribution in [0, 0.1) is 5.82 Å². The summed E-state index contributed by atoms with van der Waals surface area (Å²) < 4.78 is 24.5. The molecule has 2 aliphatic heterocycles. The highest BCUT2D eigenvalue weighted by molar-refractivity contribution is 6.06. The van der Waals surface area contributed by atoms with E-state index < -0.39 is 11.1 Å². The third-order valence-electron chi connectivity index (χ3n) is 6.68. The lowest BCUT2D eigenvalue weighted by Crippen LogP contribution is -2.47. The average molecular weight is 500 g/mol. The third-order valence-corrected chi connectivity index (χ3v) is 6.68. The highest BCUT2D eigenvalue weighted by Gasteiger charge is 2.43. The number of nitrogens with one attached hydrogen (secondary N) is 1. The Hall–Kier alpha value is -3.17. The number of rotatable bonds is 10. The zero-order chi connectivity index (χ0) is 25.8. The van der Waals surface area contributed by atoms with Gasteiger partial charge in [-0.2, -0.15) is 0 Å². The zero-order valence-electron chi connectivity index (χ0n) is 20.8. The molecular formula is C27H34FN3O5. The highest BCUT2D eigenvalue weighted by Crippen LogP contribution is 2.25. The van der Waals surface area contributed by atoms with Gasteiger partial charge in [-0.25, -0.2) is 9.18 Å². The van der Waals surface area contributed by atoms with Crippen molar-refractivity contribution >= 4 is 11.9 Å².